The summed E-state index contributed by atoms with van der Waals surface area (Å²) in [4.78, 5) is 21.9. The lowest BCUT2D eigenvalue weighted by Crippen LogP contribution is -2.48. The van der Waals surface area contributed by atoms with Crippen LogP contribution in [-0.2, 0) is 0 Å². The molecule has 1 aliphatic heterocycles. The molecule has 17 heavy (non-hydrogen) atoms. The average molecular weight is 235 g/mol. The molecule has 1 N–H and O–H groups in total. The summed E-state index contributed by atoms with van der Waals surface area (Å²) >= 11 is 0. The molecule has 1 aromatic rings. The highest BCUT2D eigenvalue weighted by Crippen LogP contribution is 2.21. The molecule has 5 heteroatoms. The zero-order valence-electron chi connectivity index (χ0n) is 10.2. The van der Waals surface area contributed by atoms with Gasteiger partial charge in [-0.1, -0.05) is 0 Å². The molecule has 0 bridgehead atoms. The first-order valence-electron chi connectivity index (χ1n) is 5.78. The number of β-amino-alcohol motifs (C(OH)–C–C–N with tert-alkyl or cyclic N) is 1. The van der Waals surface area contributed by atoms with Crippen molar-refractivity contribution in [2.45, 2.75) is 32.3 Å². The van der Waals surface area contributed by atoms with Crippen LogP contribution in [0.25, 0.3) is 0 Å². The second-order valence-corrected chi connectivity index (χ2v) is 4.87. The van der Waals surface area contributed by atoms with Gasteiger partial charge in [-0.05, 0) is 26.7 Å². The lowest BCUT2D eigenvalue weighted by molar-refractivity contribution is -0.0109. The first-order chi connectivity index (χ1) is 7.98. The second kappa shape index (κ2) is 4.41. The van der Waals surface area contributed by atoms with Gasteiger partial charge in [-0.25, -0.2) is 4.98 Å². The Morgan fingerprint density at radius 3 is 2.82 bits per heavy atom. The van der Waals surface area contributed by atoms with Gasteiger partial charge < -0.3 is 10.0 Å². The molecule has 1 amide bonds. The van der Waals surface area contributed by atoms with Gasteiger partial charge in [0.25, 0.3) is 5.91 Å². The van der Waals surface area contributed by atoms with Crippen LogP contribution < -0.4 is 0 Å². The van der Waals surface area contributed by atoms with E-state index >= 15 is 0 Å². The number of hydrogen-bond donors (Lipinski definition) is 1. The maximum absolute atomic E-state index is 12.1. The average Bonchev–Trinajstić information content (AvgIpc) is 2.28. The Kier molecular flexibility index (Phi) is 3.11. The predicted octanol–water partition coefficient (Wildman–Crippen LogP) is 0.772. The van der Waals surface area contributed by atoms with Crippen LogP contribution in [0.4, 0.5) is 0 Å². The summed E-state index contributed by atoms with van der Waals surface area (Å²) in [6, 6.07) is 0. The van der Waals surface area contributed by atoms with E-state index in [9.17, 15) is 9.90 Å². The normalized spacial score (nSPS) is 24.8. The molecule has 1 aromatic heterocycles. The summed E-state index contributed by atoms with van der Waals surface area (Å²) < 4.78 is 0. The molecule has 0 aromatic carbocycles. The van der Waals surface area contributed by atoms with Crippen molar-refractivity contribution in [2.24, 2.45) is 0 Å². The Labute approximate surface area is 100 Å². The third-order valence-corrected chi connectivity index (χ3v) is 2.96. The molecule has 1 atom stereocenters. The van der Waals surface area contributed by atoms with Crippen molar-refractivity contribution in [3.8, 4) is 0 Å². The zero-order valence-corrected chi connectivity index (χ0v) is 10.2. The van der Waals surface area contributed by atoms with Crippen LogP contribution in [0, 0.1) is 6.92 Å². The van der Waals surface area contributed by atoms with Gasteiger partial charge in [-0.15, -0.1) is 0 Å². The summed E-state index contributed by atoms with van der Waals surface area (Å²) in [5.74, 6) is -0.155. The van der Waals surface area contributed by atoms with Gasteiger partial charge in [0, 0.05) is 19.3 Å². The van der Waals surface area contributed by atoms with E-state index < -0.39 is 5.60 Å². The minimum absolute atomic E-state index is 0.155. The van der Waals surface area contributed by atoms with Gasteiger partial charge >= 0.3 is 0 Å². The predicted molar refractivity (Wildman–Crippen MR) is 62.5 cm³/mol. The van der Waals surface area contributed by atoms with E-state index in [-0.39, 0.29) is 5.91 Å². The minimum Gasteiger partial charge on any atom is -0.388 e. The maximum Gasteiger partial charge on any atom is 0.274 e. The fraction of sp³-hybridized carbons (Fsp3) is 0.583. The van der Waals surface area contributed by atoms with Crippen LogP contribution in [0.1, 0.15) is 35.9 Å². The molecule has 1 saturated heterocycles. The number of nitrogens with zero attached hydrogens (tertiary/aromatic N) is 3. The van der Waals surface area contributed by atoms with Gasteiger partial charge in [-0.3, -0.25) is 9.78 Å². The standard InChI is InChI=1S/C12H17N3O2/c1-9-6-14-10(7-13-9)11(16)15-5-3-4-12(2,17)8-15/h6-7,17H,3-5,8H2,1-2H3. The number of likely N-dealkylation sites (tertiary alicyclic amines) is 1. The van der Waals surface area contributed by atoms with E-state index in [2.05, 4.69) is 9.97 Å². The van der Waals surface area contributed by atoms with Gasteiger partial charge in [0.15, 0.2) is 0 Å². The Balaban J connectivity index is 2.12. The van der Waals surface area contributed by atoms with Gasteiger partial charge in [0.2, 0.25) is 0 Å². The van der Waals surface area contributed by atoms with E-state index in [0.29, 0.717) is 18.8 Å². The lowest BCUT2D eigenvalue weighted by atomic mass is 9.95. The van der Waals surface area contributed by atoms with Gasteiger partial charge in [-0.2, -0.15) is 0 Å². The summed E-state index contributed by atoms with van der Waals surface area (Å²) in [5.41, 5.74) is 0.340. The number of carbonyl (C=O) groups excluding carboxylic acids is 1. The van der Waals surface area contributed by atoms with Crippen molar-refractivity contribution in [1.29, 1.82) is 0 Å². The van der Waals surface area contributed by atoms with Crippen molar-refractivity contribution >= 4 is 5.91 Å². The van der Waals surface area contributed by atoms with Crippen LogP contribution in [0.2, 0.25) is 0 Å². The smallest absolute Gasteiger partial charge is 0.274 e. The van der Waals surface area contributed by atoms with Crippen LogP contribution in [0.5, 0.6) is 0 Å². The third kappa shape index (κ3) is 2.79. The molecule has 1 unspecified atom stereocenters. The largest absolute Gasteiger partial charge is 0.388 e. The number of aromatic nitrogens is 2. The molecule has 1 fully saturated rings. The molecule has 2 heterocycles. The van der Waals surface area contributed by atoms with Crippen molar-refractivity contribution in [3.05, 3.63) is 23.8 Å². The Morgan fingerprint density at radius 1 is 1.47 bits per heavy atom. The van der Waals surface area contributed by atoms with E-state index in [4.69, 9.17) is 0 Å². The number of carbonyl (C=O) groups is 1. The van der Waals surface area contributed by atoms with Crippen molar-refractivity contribution in [2.75, 3.05) is 13.1 Å². The zero-order chi connectivity index (χ0) is 12.5. The fourth-order valence-corrected chi connectivity index (χ4v) is 2.06. The van der Waals surface area contributed by atoms with Crippen LogP contribution >= 0.6 is 0 Å². The SMILES string of the molecule is Cc1cnc(C(=O)N2CCCC(C)(O)C2)cn1. The summed E-state index contributed by atoms with van der Waals surface area (Å²) in [7, 11) is 0. The quantitative estimate of drug-likeness (QED) is 0.781. The summed E-state index contributed by atoms with van der Waals surface area (Å²) in [6.07, 6.45) is 4.62. The number of rotatable bonds is 1. The highest BCUT2D eigenvalue weighted by Gasteiger charge is 2.31. The number of hydrogen-bond acceptors (Lipinski definition) is 4. The highest BCUT2D eigenvalue weighted by molar-refractivity contribution is 5.92. The van der Waals surface area contributed by atoms with Crippen molar-refractivity contribution < 1.29 is 9.90 Å². The van der Waals surface area contributed by atoms with E-state index in [1.54, 1.807) is 18.0 Å². The molecule has 0 radical (unpaired) electrons. The van der Waals surface area contributed by atoms with Crippen molar-refractivity contribution in [1.82, 2.24) is 14.9 Å². The fourth-order valence-electron chi connectivity index (χ4n) is 2.06. The maximum atomic E-state index is 12.1. The highest BCUT2D eigenvalue weighted by atomic mass is 16.3. The molecule has 92 valence electrons. The minimum atomic E-state index is -0.786. The van der Waals surface area contributed by atoms with Crippen LogP contribution in [0.3, 0.4) is 0 Å². The van der Waals surface area contributed by atoms with Crippen LogP contribution in [-0.4, -0.2) is 44.6 Å². The summed E-state index contributed by atoms with van der Waals surface area (Å²) in [5, 5.41) is 9.95. The Hall–Kier alpha value is -1.49. The Morgan fingerprint density at radius 2 is 2.24 bits per heavy atom. The first kappa shape index (κ1) is 12.0. The second-order valence-electron chi connectivity index (χ2n) is 4.87. The molecule has 1 aliphatic rings. The topological polar surface area (TPSA) is 66.3 Å². The summed E-state index contributed by atoms with van der Waals surface area (Å²) in [6.45, 7) is 4.62. The van der Waals surface area contributed by atoms with E-state index in [1.165, 1.54) is 6.20 Å². The number of aliphatic hydroxyl groups is 1. The van der Waals surface area contributed by atoms with Gasteiger partial charge in [0.1, 0.15) is 5.69 Å². The Bertz CT molecular complexity index is 414. The molecule has 0 aliphatic carbocycles. The molecular formula is C12H17N3O2. The number of aryl methyl sites for hydroxylation is 1. The monoisotopic (exact) mass is 235 g/mol. The first-order valence-corrected chi connectivity index (χ1v) is 5.78. The number of amides is 1. The van der Waals surface area contributed by atoms with Gasteiger partial charge in [0.05, 0.1) is 17.5 Å². The number of piperidine rings is 1. The van der Waals surface area contributed by atoms with E-state index in [1.807, 2.05) is 6.92 Å². The molecule has 5 nitrogen and oxygen atoms in total. The lowest BCUT2D eigenvalue weighted by Gasteiger charge is -2.36. The third-order valence-electron chi connectivity index (χ3n) is 2.96. The molecule has 0 spiro atoms. The molecule has 2 rings (SSSR count). The molecular weight excluding hydrogens is 218 g/mol. The van der Waals surface area contributed by atoms with Crippen molar-refractivity contribution in [3.63, 3.8) is 0 Å². The molecule has 0 saturated carbocycles. The van der Waals surface area contributed by atoms with Crippen LogP contribution in [0.15, 0.2) is 12.4 Å². The van der Waals surface area contributed by atoms with E-state index in [0.717, 1.165) is 18.5 Å².